The zero-order valence-corrected chi connectivity index (χ0v) is 19.4. The number of aryl methyl sites for hydroxylation is 2. The second kappa shape index (κ2) is 9.55. The molecule has 2 aromatic heterocycles. The highest BCUT2D eigenvalue weighted by Gasteiger charge is 2.20. The summed E-state index contributed by atoms with van der Waals surface area (Å²) in [6.45, 7) is 5.58. The Kier molecular flexibility index (Phi) is 6.54. The van der Waals surface area contributed by atoms with Crippen LogP contribution < -0.4 is 16.0 Å². The Morgan fingerprint density at radius 2 is 1.74 bits per heavy atom. The highest BCUT2D eigenvalue weighted by molar-refractivity contribution is 6.03. The molecule has 0 unspecified atom stereocenters. The number of hydrogen-bond acceptors (Lipinski definition) is 6. The number of amides is 1. The molecule has 0 fully saturated rings. The predicted molar refractivity (Wildman–Crippen MR) is 127 cm³/mol. The van der Waals surface area contributed by atoms with Crippen LogP contribution in [0.4, 0.5) is 0 Å². The van der Waals surface area contributed by atoms with Crippen molar-refractivity contribution in [3.05, 3.63) is 69.8 Å². The Morgan fingerprint density at radius 3 is 2.41 bits per heavy atom. The first kappa shape index (κ1) is 23.3. The molecule has 4 aromatic rings. The lowest BCUT2D eigenvalue weighted by molar-refractivity contribution is -0.308. The van der Waals surface area contributed by atoms with Crippen LogP contribution in [0.5, 0.6) is 0 Å². The highest BCUT2D eigenvalue weighted by Crippen LogP contribution is 2.37. The van der Waals surface area contributed by atoms with E-state index in [1.165, 1.54) is 0 Å². The van der Waals surface area contributed by atoms with Gasteiger partial charge in [-0.15, -0.1) is 0 Å². The van der Waals surface area contributed by atoms with Gasteiger partial charge in [-0.1, -0.05) is 50.1 Å². The molecule has 0 aliphatic rings. The van der Waals surface area contributed by atoms with Crippen LogP contribution in [0, 0.1) is 13.8 Å². The molecule has 4 rings (SSSR count). The van der Waals surface area contributed by atoms with Crippen molar-refractivity contribution >= 4 is 33.8 Å². The number of carbonyl (C=O) groups is 2. The van der Waals surface area contributed by atoms with Gasteiger partial charge in [0.25, 0.3) is 0 Å². The van der Waals surface area contributed by atoms with E-state index >= 15 is 0 Å². The number of rotatable bonds is 8. The van der Waals surface area contributed by atoms with Crippen LogP contribution in [-0.2, 0) is 16.0 Å². The summed E-state index contributed by atoms with van der Waals surface area (Å²) in [6, 6.07) is 12.4. The molecule has 0 saturated carbocycles. The molecule has 0 radical (unpaired) electrons. The van der Waals surface area contributed by atoms with Crippen molar-refractivity contribution in [3.63, 3.8) is 0 Å². The molecule has 7 nitrogen and oxygen atoms in total. The summed E-state index contributed by atoms with van der Waals surface area (Å²) in [5, 5.41) is 15.4. The fraction of sp³-hybridized carbons (Fsp3) is 0.296. The third-order valence-corrected chi connectivity index (χ3v) is 6.14. The van der Waals surface area contributed by atoms with Gasteiger partial charge in [0.15, 0.2) is 0 Å². The Labute approximate surface area is 196 Å². The monoisotopic (exact) mass is 460 g/mol. The molecule has 1 amide bonds. The lowest BCUT2D eigenvalue weighted by Gasteiger charge is -2.19. The Balaban J connectivity index is 1.74. The van der Waals surface area contributed by atoms with Gasteiger partial charge >= 0.3 is 5.63 Å². The van der Waals surface area contributed by atoms with Crippen molar-refractivity contribution in [2.24, 2.45) is 0 Å². The van der Waals surface area contributed by atoms with E-state index in [-0.39, 0.29) is 18.4 Å². The minimum absolute atomic E-state index is 0.193. The van der Waals surface area contributed by atoms with Gasteiger partial charge in [-0.3, -0.25) is 4.79 Å². The number of carbonyl (C=O) groups excluding carboxylic acids is 2. The lowest BCUT2D eigenvalue weighted by Crippen LogP contribution is -2.48. The summed E-state index contributed by atoms with van der Waals surface area (Å²) in [5.41, 5.74) is 3.10. The van der Waals surface area contributed by atoms with Crippen molar-refractivity contribution in [1.82, 2.24) is 5.32 Å². The van der Waals surface area contributed by atoms with Crippen molar-refractivity contribution in [2.75, 3.05) is 0 Å². The maximum Gasteiger partial charge on any atom is 0.340 e. The zero-order valence-electron chi connectivity index (χ0n) is 19.4. The summed E-state index contributed by atoms with van der Waals surface area (Å²) >= 11 is 0. The first-order chi connectivity index (χ1) is 16.3. The number of carboxylic acids is 1. The minimum Gasteiger partial charge on any atom is -0.548 e. The van der Waals surface area contributed by atoms with Crippen molar-refractivity contribution in [2.45, 2.75) is 52.5 Å². The molecule has 0 bridgehead atoms. The number of benzene rings is 2. The average Bonchev–Trinajstić information content (AvgIpc) is 3.13. The molecule has 7 heteroatoms. The van der Waals surface area contributed by atoms with E-state index in [1.54, 1.807) is 13.0 Å². The van der Waals surface area contributed by atoms with Crippen molar-refractivity contribution < 1.29 is 23.5 Å². The van der Waals surface area contributed by atoms with E-state index < -0.39 is 23.5 Å². The molecule has 2 aromatic carbocycles. The molecule has 0 saturated heterocycles. The second-order valence-electron chi connectivity index (χ2n) is 8.50. The molecule has 1 atom stereocenters. The molecular weight excluding hydrogens is 434 g/mol. The van der Waals surface area contributed by atoms with Gasteiger partial charge in [0, 0.05) is 22.4 Å². The van der Waals surface area contributed by atoms with Gasteiger partial charge in [0.05, 0.1) is 24.0 Å². The molecule has 0 aliphatic carbocycles. The Bertz CT molecular complexity index is 1430. The lowest BCUT2D eigenvalue weighted by atomic mass is 9.98. The summed E-state index contributed by atoms with van der Waals surface area (Å²) in [5.74, 6) is -1.16. The van der Waals surface area contributed by atoms with Crippen molar-refractivity contribution in [3.8, 4) is 11.1 Å². The van der Waals surface area contributed by atoms with Gasteiger partial charge in [0.2, 0.25) is 5.91 Å². The summed E-state index contributed by atoms with van der Waals surface area (Å²) < 4.78 is 11.5. The highest BCUT2D eigenvalue weighted by atomic mass is 16.4. The molecule has 1 N–H and O–H groups in total. The fourth-order valence-electron chi connectivity index (χ4n) is 4.33. The molecule has 34 heavy (non-hydrogen) atoms. The number of hydrogen-bond donors (Lipinski definition) is 1. The van der Waals surface area contributed by atoms with E-state index in [4.69, 9.17) is 8.83 Å². The first-order valence-corrected chi connectivity index (χ1v) is 11.3. The molecule has 0 spiro atoms. The Morgan fingerprint density at radius 1 is 1.03 bits per heavy atom. The van der Waals surface area contributed by atoms with Crippen LogP contribution in [0.1, 0.15) is 43.1 Å². The van der Waals surface area contributed by atoms with Gasteiger partial charge in [-0.2, -0.15) is 0 Å². The number of carboxylic acid groups (broad SMARTS) is 1. The average molecular weight is 461 g/mol. The van der Waals surface area contributed by atoms with Crippen LogP contribution in [0.2, 0.25) is 0 Å². The van der Waals surface area contributed by atoms with E-state index in [1.807, 2.05) is 50.2 Å². The molecule has 176 valence electrons. The van der Waals surface area contributed by atoms with Crippen LogP contribution in [-0.4, -0.2) is 17.9 Å². The second-order valence-corrected chi connectivity index (χ2v) is 8.50. The van der Waals surface area contributed by atoms with Gasteiger partial charge < -0.3 is 24.1 Å². The summed E-state index contributed by atoms with van der Waals surface area (Å²) in [4.78, 5) is 36.7. The smallest absolute Gasteiger partial charge is 0.340 e. The quantitative estimate of drug-likeness (QED) is 0.400. The number of furan rings is 1. The number of aliphatic carboxylic acids is 1. The summed E-state index contributed by atoms with van der Waals surface area (Å²) in [7, 11) is 0. The number of unbranched alkanes of at least 4 members (excludes halogenated alkanes) is 1. The fourth-order valence-corrected chi connectivity index (χ4v) is 4.33. The van der Waals surface area contributed by atoms with Gasteiger partial charge in [-0.05, 0) is 37.5 Å². The minimum atomic E-state index is -1.34. The summed E-state index contributed by atoms with van der Waals surface area (Å²) in [6.07, 6.45) is 1.42. The SMILES string of the molecule is CCCC[C@H](NC(=O)Cc1c(C)c2cc3c(-c4ccccc4)c(C)oc3cc2oc1=O)C(=O)[O-]. The van der Waals surface area contributed by atoms with E-state index in [9.17, 15) is 19.5 Å². The maximum absolute atomic E-state index is 12.7. The third-order valence-electron chi connectivity index (χ3n) is 6.14. The Hall–Kier alpha value is -3.87. The largest absolute Gasteiger partial charge is 0.548 e. The van der Waals surface area contributed by atoms with Crippen molar-refractivity contribution in [1.29, 1.82) is 0 Å². The number of nitrogens with one attached hydrogen (secondary N) is 1. The first-order valence-electron chi connectivity index (χ1n) is 11.3. The zero-order chi connectivity index (χ0) is 24.4. The third kappa shape index (κ3) is 4.46. The van der Waals surface area contributed by atoms with Crippen LogP contribution in [0.25, 0.3) is 33.1 Å². The molecular formula is C27H26NO6-. The van der Waals surface area contributed by atoms with Gasteiger partial charge in [-0.25, -0.2) is 4.79 Å². The van der Waals surface area contributed by atoms with Crippen LogP contribution >= 0.6 is 0 Å². The number of fused-ring (bicyclic) bond motifs is 2. The van der Waals surface area contributed by atoms with E-state index in [2.05, 4.69) is 5.32 Å². The molecule has 0 aliphatic heterocycles. The van der Waals surface area contributed by atoms with Crippen LogP contribution in [0.15, 0.2) is 56.1 Å². The maximum atomic E-state index is 12.7. The topological polar surface area (TPSA) is 113 Å². The normalized spacial score (nSPS) is 12.2. The molecule has 2 heterocycles. The van der Waals surface area contributed by atoms with Gasteiger partial charge in [0.1, 0.15) is 16.9 Å². The van der Waals surface area contributed by atoms with E-state index in [0.717, 1.165) is 28.7 Å². The standard InChI is InChI=1S/C27H27NO6/c1-4-5-11-21(26(30)31)28-24(29)13-19-15(2)18-12-20-23(14-22(18)34-27(19)32)33-16(3)25(20)17-9-7-6-8-10-17/h6-10,12,14,21H,4-5,11,13H2,1-3H3,(H,28,29)(H,30,31)/p-1/t21-/m0/s1. The van der Waals surface area contributed by atoms with E-state index in [0.29, 0.717) is 28.5 Å². The van der Waals surface area contributed by atoms with Crippen LogP contribution in [0.3, 0.4) is 0 Å². The predicted octanol–water partition coefficient (Wildman–Crippen LogP) is 3.79.